The molecule has 0 saturated heterocycles. The van der Waals surface area contributed by atoms with E-state index in [4.69, 9.17) is 5.11 Å². The van der Waals surface area contributed by atoms with Crippen molar-refractivity contribution in [3.05, 3.63) is 40.2 Å². The minimum Gasteiger partial charge on any atom is -0.394 e. The molecule has 8 heteroatoms. The van der Waals surface area contributed by atoms with E-state index in [9.17, 15) is 14.9 Å². The summed E-state index contributed by atoms with van der Waals surface area (Å²) in [6, 6.07) is 2.94. The molecule has 0 atom stereocenters. The van der Waals surface area contributed by atoms with Gasteiger partial charge < -0.3 is 5.11 Å². The predicted octanol–water partition coefficient (Wildman–Crippen LogP) is -0.361. The SMILES string of the molecule is O=C(c1cccnc1)N(CCO)O[N+](=O)[O-]. The van der Waals surface area contributed by atoms with Crippen LogP contribution in [0.1, 0.15) is 10.4 Å². The molecule has 0 aromatic carbocycles. The number of aromatic nitrogens is 1. The number of carbonyl (C=O) groups is 1. The fourth-order valence-electron chi connectivity index (χ4n) is 0.984. The highest BCUT2D eigenvalue weighted by Gasteiger charge is 2.18. The molecular formula is C8H9N3O5. The zero-order chi connectivity index (χ0) is 12.0. The Morgan fingerprint density at radius 1 is 1.69 bits per heavy atom. The lowest BCUT2D eigenvalue weighted by Gasteiger charge is -2.16. The zero-order valence-corrected chi connectivity index (χ0v) is 8.15. The molecule has 1 rings (SSSR count). The van der Waals surface area contributed by atoms with Gasteiger partial charge in [0, 0.05) is 12.4 Å². The molecule has 16 heavy (non-hydrogen) atoms. The van der Waals surface area contributed by atoms with Crippen LogP contribution in [-0.4, -0.2) is 39.3 Å². The van der Waals surface area contributed by atoms with Crippen LogP contribution in [0.4, 0.5) is 0 Å². The minimum absolute atomic E-state index is 0.137. The monoisotopic (exact) mass is 227 g/mol. The van der Waals surface area contributed by atoms with Crippen LogP contribution in [0, 0.1) is 10.1 Å². The molecule has 0 spiro atoms. The van der Waals surface area contributed by atoms with Gasteiger partial charge in [-0.3, -0.25) is 9.78 Å². The largest absolute Gasteiger partial charge is 0.394 e. The first kappa shape index (κ1) is 11.9. The molecule has 0 aliphatic heterocycles. The third-order valence-electron chi connectivity index (χ3n) is 1.60. The van der Waals surface area contributed by atoms with Crippen molar-refractivity contribution in [1.29, 1.82) is 0 Å². The van der Waals surface area contributed by atoms with Crippen molar-refractivity contribution >= 4 is 5.91 Å². The molecule has 0 aliphatic carbocycles. The summed E-state index contributed by atoms with van der Waals surface area (Å²) in [6.45, 7) is -0.742. The maximum absolute atomic E-state index is 11.6. The summed E-state index contributed by atoms with van der Waals surface area (Å²) in [4.78, 5) is 29.4. The molecule has 0 saturated carbocycles. The van der Waals surface area contributed by atoms with Gasteiger partial charge in [-0.05, 0) is 12.1 Å². The molecule has 1 N–H and O–H groups in total. The first-order chi connectivity index (χ1) is 7.65. The van der Waals surface area contributed by atoms with Crippen molar-refractivity contribution in [2.24, 2.45) is 0 Å². The fraction of sp³-hybridized carbons (Fsp3) is 0.250. The highest BCUT2D eigenvalue weighted by Crippen LogP contribution is 2.03. The zero-order valence-electron chi connectivity index (χ0n) is 8.15. The van der Waals surface area contributed by atoms with Gasteiger partial charge in [-0.1, -0.05) is 0 Å². The number of rotatable bonds is 5. The highest BCUT2D eigenvalue weighted by atomic mass is 17.0. The van der Waals surface area contributed by atoms with Crippen molar-refractivity contribution in [1.82, 2.24) is 10.0 Å². The Bertz CT molecular complexity index is 369. The number of hydroxylamine groups is 2. The number of hydrogen-bond donors (Lipinski definition) is 1. The highest BCUT2D eigenvalue weighted by molar-refractivity contribution is 5.93. The lowest BCUT2D eigenvalue weighted by molar-refractivity contribution is -0.803. The molecular weight excluding hydrogens is 218 g/mol. The van der Waals surface area contributed by atoms with E-state index in [1.807, 2.05) is 0 Å². The topological polar surface area (TPSA) is 106 Å². The van der Waals surface area contributed by atoms with Crippen LogP contribution in [0.15, 0.2) is 24.5 Å². The summed E-state index contributed by atoms with van der Waals surface area (Å²) >= 11 is 0. The molecule has 86 valence electrons. The van der Waals surface area contributed by atoms with Gasteiger partial charge in [0.2, 0.25) is 0 Å². The van der Waals surface area contributed by atoms with Crippen LogP contribution in [0.5, 0.6) is 0 Å². The van der Waals surface area contributed by atoms with Crippen molar-refractivity contribution in [2.75, 3.05) is 13.2 Å². The van der Waals surface area contributed by atoms with Gasteiger partial charge in [0.1, 0.15) is 0 Å². The second kappa shape index (κ2) is 5.61. The average Bonchev–Trinajstić information content (AvgIpc) is 2.28. The van der Waals surface area contributed by atoms with Crippen molar-refractivity contribution < 1.29 is 19.9 Å². The maximum Gasteiger partial charge on any atom is 0.317 e. The molecule has 0 fully saturated rings. The second-order valence-electron chi connectivity index (χ2n) is 2.68. The number of pyridine rings is 1. The molecule has 1 heterocycles. The lowest BCUT2D eigenvalue weighted by atomic mass is 10.3. The van der Waals surface area contributed by atoms with Gasteiger partial charge in [-0.2, -0.15) is 10.0 Å². The summed E-state index contributed by atoms with van der Waals surface area (Å²) in [5.74, 6) is -0.737. The summed E-state index contributed by atoms with van der Waals surface area (Å²) in [6.07, 6.45) is 2.71. The van der Waals surface area contributed by atoms with Gasteiger partial charge >= 0.3 is 5.09 Å². The summed E-state index contributed by atoms with van der Waals surface area (Å²) in [7, 11) is 0. The van der Waals surface area contributed by atoms with Gasteiger partial charge in [-0.15, -0.1) is 10.1 Å². The molecule has 8 nitrogen and oxygen atoms in total. The molecule has 0 unspecified atom stereocenters. The number of carbonyl (C=O) groups excluding carboxylic acids is 1. The van der Waals surface area contributed by atoms with E-state index in [-0.39, 0.29) is 12.1 Å². The molecule has 0 radical (unpaired) electrons. The molecule has 1 aromatic rings. The van der Waals surface area contributed by atoms with E-state index in [2.05, 4.69) is 9.92 Å². The quantitative estimate of drug-likeness (QED) is 0.543. The Hall–Kier alpha value is -2.22. The van der Waals surface area contributed by atoms with Gasteiger partial charge in [0.05, 0.1) is 18.7 Å². The normalized spacial score (nSPS) is 9.56. The lowest BCUT2D eigenvalue weighted by Crippen LogP contribution is -2.35. The van der Waals surface area contributed by atoms with Crippen LogP contribution in [0.3, 0.4) is 0 Å². The van der Waals surface area contributed by atoms with E-state index < -0.39 is 17.6 Å². The van der Waals surface area contributed by atoms with E-state index in [1.165, 1.54) is 24.5 Å². The second-order valence-corrected chi connectivity index (χ2v) is 2.68. The summed E-state index contributed by atoms with van der Waals surface area (Å²) in [5.41, 5.74) is 0.137. The number of nitrogens with zero attached hydrogens (tertiary/aromatic N) is 3. The number of hydrogen-bond acceptors (Lipinski definition) is 6. The number of aliphatic hydroxyl groups is 1. The van der Waals surface area contributed by atoms with Gasteiger partial charge in [-0.25, -0.2) is 0 Å². The molecule has 1 aromatic heterocycles. The van der Waals surface area contributed by atoms with E-state index in [1.54, 1.807) is 0 Å². The number of aliphatic hydroxyl groups excluding tert-OH is 1. The average molecular weight is 227 g/mol. The third kappa shape index (κ3) is 3.17. The van der Waals surface area contributed by atoms with E-state index in [0.29, 0.717) is 5.06 Å². The van der Waals surface area contributed by atoms with E-state index in [0.717, 1.165) is 0 Å². The number of amides is 1. The van der Waals surface area contributed by atoms with Crippen LogP contribution in [0.2, 0.25) is 0 Å². The van der Waals surface area contributed by atoms with E-state index >= 15 is 0 Å². The molecule has 0 aliphatic rings. The van der Waals surface area contributed by atoms with Crippen molar-refractivity contribution in [2.45, 2.75) is 0 Å². The third-order valence-corrected chi connectivity index (χ3v) is 1.60. The molecule has 0 bridgehead atoms. The first-order valence-electron chi connectivity index (χ1n) is 4.30. The maximum atomic E-state index is 11.6. The Kier molecular flexibility index (Phi) is 4.16. The fourth-order valence-corrected chi connectivity index (χ4v) is 0.984. The summed E-state index contributed by atoms with van der Waals surface area (Å²) in [5, 5.41) is 18.1. The Labute approximate surface area is 90.1 Å². The van der Waals surface area contributed by atoms with Crippen LogP contribution < -0.4 is 0 Å². The Morgan fingerprint density at radius 3 is 2.94 bits per heavy atom. The summed E-state index contributed by atoms with van der Waals surface area (Å²) < 4.78 is 0. The Balaban J connectivity index is 2.78. The van der Waals surface area contributed by atoms with Gasteiger partial charge in [0.15, 0.2) is 0 Å². The standard InChI is InChI=1S/C8H9N3O5/c12-5-4-10(16-11(14)15)8(13)7-2-1-3-9-6-7/h1-3,6,12H,4-5H2. The van der Waals surface area contributed by atoms with Crippen LogP contribution >= 0.6 is 0 Å². The van der Waals surface area contributed by atoms with Crippen LogP contribution in [0.25, 0.3) is 0 Å². The minimum atomic E-state index is -1.12. The van der Waals surface area contributed by atoms with Crippen LogP contribution in [-0.2, 0) is 4.94 Å². The van der Waals surface area contributed by atoms with Crippen molar-refractivity contribution in [3.8, 4) is 0 Å². The van der Waals surface area contributed by atoms with Crippen molar-refractivity contribution in [3.63, 3.8) is 0 Å². The first-order valence-corrected chi connectivity index (χ1v) is 4.30. The molecule has 1 amide bonds. The Morgan fingerprint density at radius 2 is 2.44 bits per heavy atom. The smallest absolute Gasteiger partial charge is 0.317 e. The van der Waals surface area contributed by atoms with Gasteiger partial charge in [0.25, 0.3) is 5.91 Å². The predicted molar refractivity (Wildman–Crippen MR) is 50.4 cm³/mol.